The third-order valence-corrected chi connectivity index (χ3v) is 5.95. The molecule has 7 nitrogen and oxygen atoms in total. The number of rotatable bonds is 6. The van der Waals surface area contributed by atoms with Crippen molar-refractivity contribution in [1.29, 1.82) is 0 Å². The van der Waals surface area contributed by atoms with Crippen LogP contribution < -0.4 is 9.25 Å². The molecule has 0 bridgehead atoms. The van der Waals surface area contributed by atoms with E-state index in [1.807, 2.05) is 6.07 Å². The Hall–Kier alpha value is -2.66. The molecular formula is C19H21AsN2O5. The quantitative estimate of drug-likeness (QED) is 0.430. The molecular weight excluding hydrogens is 411 g/mol. The molecule has 0 saturated carbocycles. The summed E-state index contributed by atoms with van der Waals surface area (Å²) in [5.74, 6) is 0. The minimum atomic E-state index is -1.17. The number of carboxylic acid groups (broad SMARTS) is 1. The third kappa shape index (κ3) is 5.66. The molecule has 0 saturated heterocycles. The molecule has 2 aromatic carbocycles. The van der Waals surface area contributed by atoms with Crippen LogP contribution in [0.2, 0.25) is 0 Å². The number of hydrogen-bond acceptors (Lipinski definition) is 4. The summed E-state index contributed by atoms with van der Waals surface area (Å²) in [5.41, 5.74) is 0.484. The maximum atomic E-state index is 12.4. The number of carbonyl (C=O) groups is 2. The summed E-state index contributed by atoms with van der Waals surface area (Å²) in [4.78, 5) is 35.7. The fourth-order valence-electron chi connectivity index (χ4n) is 2.68. The summed E-state index contributed by atoms with van der Waals surface area (Å²) in [5, 5.41) is 20.4. The predicted octanol–water partition coefficient (Wildman–Crippen LogP) is 2.71. The molecule has 0 aliphatic carbocycles. The van der Waals surface area contributed by atoms with E-state index in [1.54, 1.807) is 51.1 Å². The Labute approximate surface area is 163 Å². The van der Waals surface area contributed by atoms with E-state index in [2.05, 4.69) is 0 Å². The van der Waals surface area contributed by atoms with Gasteiger partial charge in [0.2, 0.25) is 0 Å². The molecule has 0 fully saturated rings. The van der Waals surface area contributed by atoms with E-state index in [-0.39, 0.29) is 16.7 Å². The Morgan fingerprint density at radius 3 is 2.41 bits per heavy atom. The number of nitrogens with zero attached hydrogens (tertiary/aromatic N) is 2. The summed E-state index contributed by atoms with van der Waals surface area (Å²) in [6.45, 7) is 5.41. The van der Waals surface area contributed by atoms with E-state index in [1.165, 1.54) is 17.0 Å². The monoisotopic (exact) mass is 432 g/mol. The molecule has 0 aromatic heterocycles. The van der Waals surface area contributed by atoms with Gasteiger partial charge in [-0.2, -0.15) is 0 Å². The second kappa shape index (κ2) is 8.35. The summed E-state index contributed by atoms with van der Waals surface area (Å²) in [7, 11) is 0. The Balaban J connectivity index is 2.16. The van der Waals surface area contributed by atoms with Crippen LogP contribution >= 0.6 is 0 Å². The third-order valence-electron chi connectivity index (χ3n) is 3.74. The van der Waals surface area contributed by atoms with Crippen molar-refractivity contribution in [3.8, 4) is 0 Å². The van der Waals surface area contributed by atoms with Gasteiger partial charge < -0.3 is 0 Å². The van der Waals surface area contributed by atoms with Gasteiger partial charge in [0.05, 0.1) is 0 Å². The van der Waals surface area contributed by atoms with Gasteiger partial charge >= 0.3 is 164 Å². The Morgan fingerprint density at radius 1 is 1.15 bits per heavy atom. The van der Waals surface area contributed by atoms with E-state index in [9.17, 15) is 24.8 Å². The van der Waals surface area contributed by atoms with Crippen LogP contribution in [0.1, 0.15) is 26.3 Å². The topological polar surface area (TPSA) is 101 Å². The summed E-state index contributed by atoms with van der Waals surface area (Å²) in [6, 6.07) is 13.1. The maximum absolute atomic E-state index is 12.4. The molecule has 1 N–H and O–H groups in total. The molecule has 1 atom stereocenters. The first-order valence-corrected chi connectivity index (χ1v) is 10.3. The molecule has 8 heteroatoms. The van der Waals surface area contributed by atoms with Gasteiger partial charge in [0.1, 0.15) is 0 Å². The van der Waals surface area contributed by atoms with Crippen LogP contribution in [0.15, 0.2) is 48.5 Å². The molecule has 2 aromatic rings. The molecule has 0 aliphatic rings. The van der Waals surface area contributed by atoms with Crippen LogP contribution in [0.5, 0.6) is 0 Å². The molecule has 0 spiro atoms. The molecule has 0 heterocycles. The standard InChI is InChI=1S/C19H21AsN2O5/c1-19(2,3)21(18(24)25)15-8-5-7-14(12-15)20-17(23)11-13-6-4-9-16(10-13)22(26)27/h4-10,12,20H,11H2,1-3H3,(H,24,25). The van der Waals surface area contributed by atoms with E-state index in [0.29, 0.717) is 11.3 Å². The van der Waals surface area contributed by atoms with Gasteiger partial charge in [0.15, 0.2) is 0 Å². The van der Waals surface area contributed by atoms with Crippen molar-refractivity contribution in [3.05, 3.63) is 64.2 Å². The van der Waals surface area contributed by atoms with Crippen molar-refractivity contribution < 1.29 is 19.6 Å². The van der Waals surface area contributed by atoms with Crippen LogP contribution in [0, 0.1) is 10.1 Å². The summed E-state index contributed by atoms with van der Waals surface area (Å²) in [6.07, 6.45) is -0.920. The fourth-order valence-corrected chi connectivity index (χ4v) is 4.81. The van der Waals surface area contributed by atoms with Crippen molar-refractivity contribution in [3.63, 3.8) is 0 Å². The molecule has 0 aliphatic heterocycles. The van der Waals surface area contributed by atoms with Crippen molar-refractivity contribution in [2.45, 2.75) is 32.7 Å². The Kier molecular flexibility index (Phi) is 6.39. The zero-order chi connectivity index (χ0) is 20.2. The van der Waals surface area contributed by atoms with Gasteiger partial charge in [-0.3, -0.25) is 0 Å². The van der Waals surface area contributed by atoms with E-state index < -0.39 is 32.3 Å². The summed E-state index contributed by atoms with van der Waals surface area (Å²) >= 11 is -1.17. The van der Waals surface area contributed by atoms with E-state index >= 15 is 0 Å². The molecule has 0 radical (unpaired) electrons. The van der Waals surface area contributed by atoms with Gasteiger partial charge in [-0.25, -0.2) is 0 Å². The normalized spacial score (nSPS) is 11.5. The summed E-state index contributed by atoms with van der Waals surface area (Å²) < 4.78 is 0.837. The van der Waals surface area contributed by atoms with Crippen molar-refractivity contribution >= 4 is 42.1 Å². The Morgan fingerprint density at radius 2 is 1.81 bits per heavy atom. The number of nitro groups is 1. The molecule has 27 heavy (non-hydrogen) atoms. The first-order chi connectivity index (χ1) is 12.6. The van der Waals surface area contributed by atoms with Crippen molar-refractivity contribution in [2.24, 2.45) is 0 Å². The van der Waals surface area contributed by atoms with Gasteiger partial charge in [-0.1, -0.05) is 0 Å². The number of carbonyl (C=O) groups excluding carboxylic acids is 1. The van der Waals surface area contributed by atoms with Crippen LogP contribution in [0.3, 0.4) is 0 Å². The fraction of sp³-hybridized carbons (Fsp3) is 0.263. The average Bonchev–Trinajstić information content (AvgIpc) is 2.53. The second-order valence-corrected chi connectivity index (χ2v) is 9.90. The molecule has 1 amide bonds. The molecule has 1 unspecified atom stereocenters. The van der Waals surface area contributed by atoms with Crippen LogP contribution in [-0.4, -0.2) is 42.0 Å². The predicted molar refractivity (Wildman–Crippen MR) is 105 cm³/mol. The number of non-ortho nitro benzene ring substituents is 1. The van der Waals surface area contributed by atoms with E-state index in [0.717, 1.165) is 4.35 Å². The van der Waals surface area contributed by atoms with Gasteiger partial charge in [-0.15, -0.1) is 0 Å². The zero-order valence-electron chi connectivity index (χ0n) is 15.3. The van der Waals surface area contributed by atoms with E-state index in [4.69, 9.17) is 0 Å². The number of amides is 1. The first-order valence-electron chi connectivity index (χ1n) is 8.24. The van der Waals surface area contributed by atoms with Gasteiger partial charge in [0.25, 0.3) is 0 Å². The van der Waals surface area contributed by atoms with Crippen LogP contribution in [0.25, 0.3) is 0 Å². The second-order valence-electron chi connectivity index (χ2n) is 6.99. The SMILES string of the molecule is CC(C)(C)N(C(=O)O)c1cccc([AsH]C(=O)Cc2cccc([N+](=O)[O-])c2)c1. The van der Waals surface area contributed by atoms with Crippen LogP contribution in [-0.2, 0) is 11.2 Å². The zero-order valence-corrected chi connectivity index (χ0v) is 17.4. The Bertz CT molecular complexity index is 876. The number of hydrogen-bond donors (Lipinski definition) is 1. The minimum absolute atomic E-state index is 0.0188. The van der Waals surface area contributed by atoms with Gasteiger partial charge in [-0.05, 0) is 0 Å². The number of benzene rings is 2. The molecule has 2 rings (SSSR count). The first kappa shape index (κ1) is 20.6. The van der Waals surface area contributed by atoms with Crippen LogP contribution in [0.4, 0.5) is 16.2 Å². The van der Waals surface area contributed by atoms with Gasteiger partial charge in [0, 0.05) is 0 Å². The average molecular weight is 432 g/mol. The molecule has 142 valence electrons. The van der Waals surface area contributed by atoms with Crippen molar-refractivity contribution in [1.82, 2.24) is 0 Å². The van der Waals surface area contributed by atoms with Crippen molar-refractivity contribution in [2.75, 3.05) is 4.90 Å². The number of nitro benzene ring substituents is 1. The number of anilines is 1.